The molecule has 0 aliphatic carbocycles. The van der Waals surface area contributed by atoms with Gasteiger partial charge in [-0.1, -0.05) is 30.3 Å². The van der Waals surface area contributed by atoms with E-state index < -0.39 is 0 Å². The van der Waals surface area contributed by atoms with Crippen LogP contribution in [0.25, 0.3) is 0 Å². The molecule has 1 aromatic rings. The number of hydrogen-bond donors (Lipinski definition) is 2. The van der Waals surface area contributed by atoms with Gasteiger partial charge in [0.15, 0.2) is 0 Å². The molecule has 1 heterocycles. The Bertz CT molecular complexity index is 258. The van der Waals surface area contributed by atoms with E-state index in [0.29, 0.717) is 12.2 Å². The minimum atomic E-state index is 0.466. The van der Waals surface area contributed by atoms with Crippen LogP contribution in [0.15, 0.2) is 30.3 Å². The smallest absolute Gasteiger partial charge is 0.0545 e. The summed E-state index contributed by atoms with van der Waals surface area (Å²) in [6.07, 6.45) is 1.59. The molecule has 2 N–H and O–H groups in total. The second-order valence-electron chi connectivity index (χ2n) is 3.68. The first-order valence-electron chi connectivity index (χ1n) is 4.88. The summed E-state index contributed by atoms with van der Waals surface area (Å²) in [4.78, 5) is 0. The van der Waals surface area contributed by atoms with E-state index in [4.69, 9.17) is 0 Å². The maximum Gasteiger partial charge on any atom is 0.0545 e. The number of nitrogens with one attached hydrogen (secondary N) is 2. The zero-order chi connectivity index (χ0) is 9.10. The summed E-state index contributed by atoms with van der Waals surface area (Å²) in [6, 6.07) is 11.2. The molecule has 1 aromatic carbocycles. The molecule has 0 saturated carbocycles. The largest absolute Gasteiger partial charge is 0.301 e. The van der Waals surface area contributed by atoms with E-state index in [9.17, 15) is 0 Å². The average Bonchev–Trinajstić information content (AvgIpc) is 2.53. The van der Waals surface area contributed by atoms with Crippen molar-refractivity contribution in [3.63, 3.8) is 0 Å². The molecule has 2 atom stereocenters. The Morgan fingerprint density at radius 1 is 1.31 bits per heavy atom. The van der Waals surface area contributed by atoms with E-state index >= 15 is 0 Å². The van der Waals surface area contributed by atoms with Crippen molar-refractivity contribution in [3.05, 3.63) is 35.9 Å². The maximum absolute atomic E-state index is 3.49. The zero-order valence-corrected chi connectivity index (χ0v) is 7.96. The Morgan fingerprint density at radius 3 is 2.69 bits per heavy atom. The van der Waals surface area contributed by atoms with Crippen LogP contribution < -0.4 is 10.6 Å². The normalized spacial score (nSPS) is 27.8. The van der Waals surface area contributed by atoms with Gasteiger partial charge in [0.1, 0.15) is 0 Å². The molecule has 1 aliphatic heterocycles. The molecule has 2 nitrogen and oxygen atoms in total. The summed E-state index contributed by atoms with van der Waals surface area (Å²) in [5, 5.41) is 6.87. The molecule has 70 valence electrons. The number of benzene rings is 1. The highest BCUT2D eigenvalue weighted by Gasteiger charge is 2.18. The molecule has 2 rings (SSSR count). The molecule has 0 spiro atoms. The number of rotatable bonds is 2. The summed E-state index contributed by atoms with van der Waals surface area (Å²) in [6.45, 7) is 3.24. The lowest BCUT2D eigenvalue weighted by molar-refractivity contribution is 0.554. The Hall–Kier alpha value is -0.860. The Labute approximate surface area is 79.4 Å². The van der Waals surface area contributed by atoms with E-state index in [2.05, 4.69) is 47.9 Å². The predicted molar refractivity (Wildman–Crippen MR) is 54.5 cm³/mol. The first kappa shape index (κ1) is 8.73. The highest BCUT2D eigenvalue weighted by Crippen LogP contribution is 2.05. The van der Waals surface area contributed by atoms with Crippen molar-refractivity contribution >= 4 is 0 Å². The van der Waals surface area contributed by atoms with Gasteiger partial charge in [0, 0.05) is 12.6 Å². The van der Waals surface area contributed by atoms with Crippen LogP contribution in [0.1, 0.15) is 12.5 Å². The molecule has 0 amide bonds. The Kier molecular flexibility index (Phi) is 2.62. The highest BCUT2D eigenvalue weighted by molar-refractivity contribution is 5.16. The van der Waals surface area contributed by atoms with Gasteiger partial charge in [-0.05, 0) is 18.9 Å². The molecule has 0 bridgehead atoms. The summed E-state index contributed by atoms with van der Waals surface area (Å²) in [5.74, 6) is 0. The van der Waals surface area contributed by atoms with E-state index in [0.717, 1.165) is 13.0 Å². The minimum absolute atomic E-state index is 0.466. The van der Waals surface area contributed by atoms with E-state index in [1.807, 2.05) is 0 Å². The lowest BCUT2D eigenvalue weighted by atomic mass is 10.1. The third-order valence-corrected chi connectivity index (χ3v) is 2.48. The second kappa shape index (κ2) is 3.90. The van der Waals surface area contributed by atoms with Gasteiger partial charge in [-0.25, -0.2) is 0 Å². The molecule has 13 heavy (non-hydrogen) atoms. The predicted octanol–water partition coefficient (Wildman–Crippen LogP) is 1.14. The second-order valence-corrected chi connectivity index (χ2v) is 3.68. The van der Waals surface area contributed by atoms with Gasteiger partial charge in [0.25, 0.3) is 0 Å². The summed E-state index contributed by atoms with van der Waals surface area (Å²) < 4.78 is 0. The van der Waals surface area contributed by atoms with Crippen molar-refractivity contribution in [2.24, 2.45) is 0 Å². The molecule has 1 saturated heterocycles. The summed E-state index contributed by atoms with van der Waals surface area (Å²) >= 11 is 0. The van der Waals surface area contributed by atoms with Crippen LogP contribution in [-0.4, -0.2) is 18.8 Å². The molecule has 0 aromatic heterocycles. The van der Waals surface area contributed by atoms with Crippen molar-refractivity contribution in [3.8, 4) is 0 Å². The van der Waals surface area contributed by atoms with Crippen LogP contribution in [0.3, 0.4) is 0 Å². The van der Waals surface area contributed by atoms with Crippen molar-refractivity contribution in [2.75, 3.05) is 6.54 Å². The molecular weight excluding hydrogens is 160 g/mol. The average molecular weight is 176 g/mol. The van der Waals surface area contributed by atoms with Crippen LogP contribution in [0, 0.1) is 0 Å². The fourth-order valence-electron chi connectivity index (χ4n) is 1.82. The van der Waals surface area contributed by atoms with Crippen molar-refractivity contribution < 1.29 is 0 Å². The molecular formula is C11H16N2. The lowest BCUT2D eigenvalue weighted by Gasteiger charge is -2.09. The summed E-state index contributed by atoms with van der Waals surface area (Å²) in [7, 11) is 0. The first-order chi connectivity index (χ1) is 6.34. The molecule has 2 heteroatoms. The SMILES string of the molecule is CC1NCC(Cc2ccccc2)N1. The Balaban J connectivity index is 1.92. The third kappa shape index (κ3) is 2.29. The van der Waals surface area contributed by atoms with Gasteiger partial charge in [-0.2, -0.15) is 0 Å². The van der Waals surface area contributed by atoms with Gasteiger partial charge < -0.3 is 5.32 Å². The van der Waals surface area contributed by atoms with E-state index in [-0.39, 0.29) is 0 Å². The number of hydrogen-bond acceptors (Lipinski definition) is 2. The maximum atomic E-state index is 3.49. The minimum Gasteiger partial charge on any atom is -0.301 e. The van der Waals surface area contributed by atoms with Crippen LogP contribution in [-0.2, 0) is 6.42 Å². The van der Waals surface area contributed by atoms with Gasteiger partial charge >= 0.3 is 0 Å². The van der Waals surface area contributed by atoms with Gasteiger partial charge in [0.05, 0.1) is 6.17 Å². The van der Waals surface area contributed by atoms with Crippen molar-refractivity contribution in [1.29, 1.82) is 0 Å². The van der Waals surface area contributed by atoms with Crippen LogP contribution in [0.5, 0.6) is 0 Å². The van der Waals surface area contributed by atoms with E-state index in [1.165, 1.54) is 5.56 Å². The van der Waals surface area contributed by atoms with Crippen LogP contribution in [0.2, 0.25) is 0 Å². The molecule has 1 aliphatic rings. The van der Waals surface area contributed by atoms with Gasteiger partial charge in [0.2, 0.25) is 0 Å². The van der Waals surface area contributed by atoms with Gasteiger partial charge in [-0.3, -0.25) is 5.32 Å². The summed E-state index contributed by atoms with van der Waals surface area (Å²) in [5.41, 5.74) is 1.41. The van der Waals surface area contributed by atoms with Crippen molar-refractivity contribution in [1.82, 2.24) is 10.6 Å². The van der Waals surface area contributed by atoms with Crippen LogP contribution >= 0.6 is 0 Å². The standard InChI is InChI=1S/C11H16N2/c1-9-12-8-11(13-9)7-10-5-3-2-4-6-10/h2-6,9,11-13H,7-8H2,1H3. The topological polar surface area (TPSA) is 24.1 Å². The van der Waals surface area contributed by atoms with Crippen LogP contribution in [0.4, 0.5) is 0 Å². The third-order valence-electron chi connectivity index (χ3n) is 2.48. The van der Waals surface area contributed by atoms with Crippen molar-refractivity contribution in [2.45, 2.75) is 25.6 Å². The Morgan fingerprint density at radius 2 is 2.08 bits per heavy atom. The molecule has 0 radical (unpaired) electrons. The van der Waals surface area contributed by atoms with Gasteiger partial charge in [-0.15, -0.1) is 0 Å². The monoisotopic (exact) mass is 176 g/mol. The zero-order valence-electron chi connectivity index (χ0n) is 7.96. The fraction of sp³-hybridized carbons (Fsp3) is 0.455. The van der Waals surface area contributed by atoms with E-state index in [1.54, 1.807) is 0 Å². The quantitative estimate of drug-likeness (QED) is 0.706. The first-order valence-corrected chi connectivity index (χ1v) is 4.88. The molecule has 1 fully saturated rings. The lowest BCUT2D eigenvalue weighted by Crippen LogP contribution is -2.31. The highest BCUT2D eigenvalue weighted by atomic mass is 15.2. The fourth-order valence-corrected chi connectivity index (χ4v) is 1.82. The molecule has 2 unspecified atom stereocenters.